The van der Waals surface area contributed by atoms with Crippen LogP contribution in [0.4, 0.5) is 9.59 Å². The first-order valence-electron chi connectivity index (χ1n) is 19.9. The normalized spacial score (nSPS) is 22.0. The van der Waals surface area contributed by atoms with Crippen molar-refractivity contribution in [3.8, 4) is 28.1 Å². The summed E-state index contributed by atoms with van der Waals surface area (Å²) in [6.45, 7) is 15.6. The van der Waals surface area contributed by atoms with Gasteiger partial charge in [0.1, 0.15) is 29.8 Å². The number of rotatable bonds is 6. The summed E-state index contributed by atoms with van der Waals surface area (Å²) in [4.78, 5) is 51.2. The van der Waals surface area contributed by atoms with Gasteiger partial charge < -0.3 is 29.4 Å². The summed E-state index contributed by atoms with van der Waals surface area (Å²) in [5.41, 5.74) is 8.30. The van der Waals surface area contributed by atoms with Gasteiger partial charge in [0.25, 0.3) is 0 Å². The molecule has 8 rings (SSSR count). The fraction of sp³-hybridized carbons (Fsp3) is 0.467. The van der Waals surface area contributed by atoms with Gasteiger partial charge in [-0.3, -0.25) is 9.69 Å². The Morgan fingerprint density at radius 1 is 0.964 bits per heavy atom. The molecular weight excluding hydrogens is 707 g/mol. The van der Waals surface area contributed by atoms with E-state index in [2.05, 4.69) is 72.7 Å². The molecule has 11 nitrogen and oxygen atoms in total. The summed E-state index contributed by atoms with van der Waals surface area (Å²) in [7, 11) is 1.32. The van der Waals surface area contributed by atoms with Crippen molar-refractivity contribution in [2.75, 3.05) is 20.2 Å². The highest BCUT2D eigenvalue weighted by atomic mass is 16.6. The van der Waals surface area contributed by atoms with E-state index in [1.165, 1.54) is 23.8 Å². The zero-order chi connectivity index (χ0) is 39.6. The number of hydrogen-bond acceptors (Lipinski definition) is 7. The van der Waals surface area contributed by atoms with Gasteiger partial charge >= 0.3 is 12.2 Å². The number of aromatic nitrogens is 2. The Kier molecular flexibility index (Phi) is 9.61. The molecule has 0 saturated carbocycles. The number of nitrogens with one attached hydrogen (secondary N) is 2. The third kappa shape index (κ3) is 7.01. The topological polar surface area (TPSA) is 126 Å². The first-order chi connectivity index (χ1) is 26.7. The van der Waals surface area contributed by atoms with Crippen molar-refractivity contribution in [2.24, 2.45) is 17.8 Å². The van der Waals surface area contributed by atoms with Gasteiger partial charge in [0.05, 0.1) is 31.1 Å². The highest BCUT2D eigenvalue weighted by Gasteiger charge is 2.41. The second-order valence-electron chi connectivity index (χ2n) is 17.6. The number of benzene rings is 3. The van der Waals surface area contributed by atoms with Crippen LogP contribution in [0.3, 0.4) is 0 Å². The quantitative estimate of drug-likeness (QED) is 0.202. The number of amides is 3. The second-order valence-corrected chi connectivity index (χ2v) is 17.6. The van der Waals surface area contributed by atoms with E-state index in [9.17, 15) is 14.4 Å². The standard InChI is InChI=1S/C45H53N5O6/c1-24(2)40(48-43(52)54-8)42(51)49-21-25(3)13-37(49)30-15-27-9-10-28-17-35-32-12-11-29(16-31(32)23-55-39(35)19-34(28)33(27)18-30)36-20-46-41(47-36)38-14-26(4)22-50(38)44(53)56-45(5,6)7/h9-12,15-17,19-20,24-26,37-38,40H,13-14,18,21-23H2,1-8H3,(H,46,47)(H,48,52)/t25-,26-,37-,38-,40-/m0/s1. The maximum atomic E-state index is 13.9. The molecule has 0 unspecified atom stereocenters. The highest BCUT2D eigenvalue weighted by Crippen LogP contribution is 2.45. The van der Waals surface area contributed by atoms with Crippen molar-refractivity contribution < 1.29 is 28.6 Å². The Hall–Kier alpha value is -5.32. The molecule has 11 heteroatoms. The van der Waals surface area contributed by atoms with Crippen LogP contribution in [0.25, 0.3) is 39.2 Å². The van der Waals surface area contributed by atoms with Crippen molar-refractivity contribution in [1.29, 1.82) is 0 Å². The molecule has 4 aromatic rings. The van der Waals surface area contributed by atoms with Gasteiger partial charge in [0.2, 0.25) is 5.91 Å². The molecule has 1 aromatic heterocycles. The van der Waals surface area contributed by atoms with Crippen molar-refractivity contribution in [2.45, 2.75) is 98.1 Å². The fourth-order valence-electron chi connectivity index (χ4n) is 9.06. The molecule has 2 saturated heterocycles. The minimum atomic E-state index is -0.655. The van der Waals surface area contributed by atoms with E-state index in [0.29, 0.717) is 31.5 Å². The molecule has 4 heterocycles. The maximum absolute atomic E-state index is 13.9. The van der Waals surface area contributed by atoms with Crippen molar-refractivity contribution >= 4 is 34.9 Å². The number of carbonyl (C=O) groups excluding carboxylic acids is 3. The molecule has 1 aliphatic carbocycles. The van der Waals surface area contributed by atoms with Crippen LogP contribution in [0.2, 0.25) is 0 Å². The molecule has 0 radical (unpaired) electrons. The highest BCUT2D eigenvalue weighted by molar-refractivity contribution is 5.97. The SMILES string of the molecule is COC(=O)N[C@H](C(=O)N1C[C@@H](C)C[C@H]1C1=Cc2ccc3cc4c(cc3c2C1)OCc1cc(-c2cnc([C@@H]3C[C@H](C)CN3C(=O)OC(C)(C)C)[nH]2)ccc1-4)C(C)C. The lowest BCUT2D eigenvalue weighted by atomic mass is 9.90. The third-order valence-corrected chi connectivity index (χ3v) is 11.7. The molecule has 0 spiro atoms. The molecule has 56 heavy (non-hydrogen) atoms. The van der Waals surface area contributed by atoms with Gasteiger partial charge in [0.15, 0.2) is 0 Å². The van der Waals surface area contributed by atoms with Crippen molar-refractivity contribution in [1.82, 2.24) is 25.1 Å². The number of H-pyrrole nitrogens is 1. The summed E-state index contributed by atoms with van der Waals surface area (Å²) < 4.78 is 17.0. The van der Waals surface area contributed by atoms with Crippen LogP contribution in [0.5, 0.6) is 5.75 Å². The molecule has 3 aromatic carbocycles. The number of alkyl carbamates (subject to hydrolysis) is 1. The average molecular weight is 760 g/mol. The van der Waals surface area contributed by atoms with Gasteiger partial charge in [-0.05, 0) is 120 Å². The third-order valence-electron chi connectivity index (χ3n) is 11.7. The van der Waals surface area contributed by atoms with Gasteiger partial charge in [-0.1, -0.05) is 58.0 Å². The van der Waals surface area contributed by atoms with Crippen LogP contribution >= 0.6 is 0 Å². The summed E-state index contributed by atoms with van der Waals surface area (Å²) in [6.07, 6.45) is 5.67. The number of carbonyl (C=O) groups is 3. The number of aromatic amines is 1. The smallest absolute Gasteiger partial charge is 0.410 e. The molecule has 294 valence electrons. The number of hydrogen-bond donors (Lipinski definition) is 2. The molecule has 3 amide bonds. The molecule has 5 atom stereocenters. The van der Waals surface area contributed by atoms with Gasteiger partial charge in [0, 0.05) is 18.7 Å². The largest absolute Gasteiger partial charge is 0.488 e. The van der Waals surface area contributed by atoms with Crippen LogP contribution in [0.1, 0.15) is 89.9 Å². The summed E-state index contributed by atoms with van der Waals surface area (Å²) in [5, 5.41) is 5.08. The number of fused-ring (bicyclic) bond motifs is 6. The zero-order valence-corrected chi connectivity index (χ0v) is 33.7. The summed E-state index contributed by atoms with van der Waals surface area (Å²) in [5.74, 6) is 2.17. The molecule has 3 aliphatic heterocycles. The maximum Gasteiger partial charge on any atom is 0.410 e. The molecule has 2 N–H and O–H groups in total. The van der Waals surface area contributed by atoms with E-state index in [4.69, 9.17) is 19.2 Å². The van der Waals surface area contributed by atoms with Crippen LogP contribution in [0, 0.1) is 17.8 Å². The minimum Gasteiger partial charge on any atom is -0.488 e. The van der Waals surface area contributed by atoms with E-state index >= 15 is 0 Å². The Balaban J connectivity index is 1.02. The Labute approximate surface area is 328 Å². The Bertz CT molecular complexity index is 2250. The predicted molar refractivity (Wildman–Crippen MR) is 216 cm³/mol. The fourth-order valence-corrected chi connectivity index (χ4v) is 9.06. The zero-order valence-electron chi connectivity index (χ0n) is 33.7. The lowest BCUT2D eigenvalue weighted by molar-refractivity contribution is -0.134. The minimum absolute atomic E-state index is 0.0350. The van der Waals surface area contributed by atoms with Gasteiger partial charge in [-0.2, -0.15) is 0 Å². The van der Waals surface area contributed by atoms with E-state index in [1.807, 2.05) is 45.7 Å². The van der Waals surface area contributed by atoms with E-state index in [-0.39, 0.29) is 30.0 Å². The number of methoxy groups -OCH3 is 1. The van der Waals surface area contributed by atoms with Gasteiger partial charge in [-0.15, -0.1) is 0 Å². The van der Waals surface area contributed by atoms with Crippen LogP contribution in [0.15, 0.2) is 54.2 Å². The second kappa shape index (κ2) is 14.3. The molecule has 4 aliphatic rings. The van der Waals surface area contributed by atoms with Gasteiger partial charge in [-0.25, -0.2) is 14.6 Å². The number of likely N-dealkylation sites (tertiary alicyclic amines) is 2. The Morgan fingerprint density at radius 2 is 1.71 bits per heavy atom. The first kappa shape index (κ1) is 37.6. The predicted octanol–water partition coefficient (Wildman–Crippen LogP) is 8.66. The van der Waals surface area contributed by atoms with Crippen molar-refractivity contribution in [3.63, 3.8) is 0 Å². The van der Waals surface area contributed by atoms with Crippen LogP contribution in [-0.4, -0.2) is 75.7 Å². The summed E-state index contributed by atoms with van der Waals surface area (Å²) >= 11 is 0. The van der Waals surface area contributed by atoms with E-state index in [1.54, 1.807) is 4.90 Å². The molecule has 2 fully saturated rings. The number of ether oxygens (including phenoxy) is 3. The van der Waals surface area contributed by atoms with Crippen LogP contribution in [-0.2, 0) is 27.3 Å². The molecule has 0 bridgehead atoms. The van der Waals surface area contributed by atoms with E-state index < -0.39 is 17.7 Å². The monoisotopic (exact) mass is 759 g/mol. The number of imidazole rings is 1. The van der Waals surface area contributed by atoms with Crippen molar-refractivity contribution in [3.05, 3.63) is 76.7 Å². The lowest BCUT2D eigenvalue weighted by Crippen LogP contribution is -2.52. The summed E-state index contributed by atoms with van der Waals surface area (Å²) in [6, 6.07) is 14.4. The lowest BCUT2D eigenvalue weighted by Gasteiger charge is -2.31. The molecular formula is C45H53N5O6. The average Bonchev–Trinajstić information content (AvgIpc) is 3.97. The number of nitrogens with zero attached hydrogens (tertiary/aromatic N) is 3. The Morgan fingerprint density at radius 3 is 2.45 bits per heavy atom. The van der Waals surface area contributed by atoms with E-state index in [0.717, 1.165) is 69.6 Å². The first-order valence-corrected chi connectivity index (χ1v) is 19.9. The van der Waals surface area contributed by atoms with Crippen LogP contribution < -0.4 is 10.1 Å².